The second-order valence-corrected chi connectivity index (χ2v) is 2.37. The van der Waals surface area contributed by atoms with Gasteiger partial charge in [-0.05, 0) is 6.92 Å². The molecule has 0 aliphatic heterocycles. The van der Waals surface area contributed by atoms with Crippen molar-refractivity contribution in [3.63, 3.8) is 0 Å². The molecule has 2 N–H and O–H groups in total. The van der Waals surface area contributed by atoms with Crippen LogP contribution in [0.2, 0.25) is 0 Å². The topological polar surface area (TPSA) is 94.9 Å². The maximum Gasteiger partial charge on any atom is 0.323 e. The fraction of sp³-hybridized carbons (Fsp3) is 0.571. The molecule has 0 atom stereocenters. The summed E-state index contributed by atoms with van der Waals surface area (Å²) in [6, 6.07) is 0. The number of rotatable bonds is 5. The molecule has 0 heterocycles. The normalized spacial score (nSPS) is 9.31. The summed E-state index contributed by atoms with van der Waals surface area (Å²) in [6.45, 7) is 1.32. The molecule has 1 amide bonds. The molecule has 0 unspecified atom stereocenters. The Morgan fingerprint density at radius 3 is 2.00 bits per heavy atom. The van der Waals surface area contributed by atoms with Crippen LogP contribution in [0.25, 0.3) is 0 Å². The van der Waals surface area contributed by atoms with Crippen molar-refractivity contribution in [2.24, 2.45) is 0 Å². The Morgan fingerprint density at radius 1 is 1.15 bits per heavy atom. The van der Waals surface area contributed by atoms with E-state index >= 15 is 0 Å². The highest BCUT2D eigenvalue weighted by Gasteiger charge is 2.17. The van der Waals surface area contributed by atoms with Gasteiger partial charge in [-0.1, -0.05) is 0 Å². The molecule has 0 fully saturated rings. The van der Waals surface area contributed by atoms with Gasteiger partial charge in [-0.15, -0.1) is 0 Å². The molecular formula is C7H11NO5. The number of hydrogen-bond acceptors (Lipinski definition) is 3. The molecule has 0 aromatic carbocycles. The Bertz CT molecular complexity index is 225. The lowest BCUT2D eigenvalue weighted by Gasteiger charge is -2.16. The second kappa shape index (κ2) is 5.13. The predicted molar refractivity (Wildman–Crippen MR) is 42.1 cm³/mol. The van der Waals surface area contributed by atoms with Crippen LogP contribution in [0.1, 0.15) is 13.3 Å². The molecule has 0 spiro atoms. The third kappa shape index (κ3) is 4.78. The minimum Gasteiger partial charge on any atom is -0.481 e. The summed E-state index contributed by atoms with van der Waals surface area (Å²) in [4.78, 5) is 32.3. The Balaban J connectivity index is 4.15. The van der Waals surface area contributed by atoms with Crippen molar-refractivity contribution in [1.82, 2.24) is 4.90 Å². The van der Waals surface area contributed by atoms with Crippen LogP contribution in [0.5, 0.6) is 0 Å². The zero-order chi connectivity index (χ0) is 10.4. The maximum atomic E-state index is 11.0. The van der Waals surface area contributed by atoms with Crippen molar-refractivity contribution >= 4 is 17.8 Å². The van der Waals surface area contributed by atoms with Gasteiger partial charge in [-0.2, -0.15) is 0 Å². The zero-order valence-corrected chi connectivity index (χ0v) is 7.19. The Labute approximate surface area is 74.8 Å². The predicted octanol–water partition coefficient (Wildman–Crippen LogP) is -0.606. The first-order valence-electron chi connectivity index (χ1n) is 3.68. The number of amides is 1. The van der Waals surface area contributed by atoms with Gasteiger partial charge in [0.05, 0.1) is 0 Å². The number of aliphatic carboxylic acids is 2. The van der Waals surface area contributed by atoms with Gasteiger partial charge >= 0.3 is 11.9 Å². The largest absolute Gasteiger partial charge is 0.481 e. The van der Waals surface area contributed by atoms with E-state index in [0.29, 0.717) is 0 Å². The molecule has 6 heteroatoms. The molecule has 0 saturated heterocycles. The van der Waals surface area contributed by atoms with E-state index in [9.17, 15) is 14.4 Å². The summed E-state index contributed by atoms with van der Waals surface area (Å²) in [5, 5.41) is 16.6. The maximum absolute atomic E-state index is 11.0. The fourth-order valence-corrected chi connectivity index (χ4v) is 0.781. The second-order valence-electron chi connectivity index (χ2n) is 2.37. The molecule has 0 aliphatic rings. The first-order chi connectivity index (χ1) is 5.97. The van der Waals surface area contributed by atoms with Crippen LogP contribution in [0, 0.1) is 0 Å². The van der Waals surface area contributed by atoms with Crippen LogP contribution >= 0.6 is 0 Å². The average molecular weight is 189 g/mol. The first-order valence-corrected chi connectivity index (χ1v) is 3.68. The van der Waals surface area contributed by atoms with Crippen LogP contribution in [0.15, 0.2) is 0 Å². The van der Waals surface area contributed by atoms with Crippen LogP contribution in [0.4, 0.5) is 0 Å². The summed E-state index contributed by atoms with van der Waals surface area (Å²) < 4.78 is 0. The molecule has 0 aromatic rings. The number of carbonyl (C=O) groups is 3. The van der Waals surface area contributed by atoms with E-state index in [1.54, 1.807) is 6.92 Å². The van der Waals surface area contributed by atoms with E-state index in [0.717, 1.165) is 4.90 Å². The van der Waals surface area contributed by atoms with Crippen molar-refractivity contribution in [1.29, 1.82) is 0 Å². The Hall–Kier alpha value is -1.59. The number of carbonyl (C=O) groups excluding carboxylic acids is 1. The summed E-state index contributed by atoms with van der Waals surface area (Å²) >= 11 is 0. The van der Waals surface area contributed by atoms with Crippen molar-refractivity contribution in [2.45, 2.75) is 13.3 Å². The van der Waals surface area contributed by atoms with Gasteiger partial charge in [0.25, 0.3) is 0 Å². The molecule has 74 valence electrons. The molecule has 0 bridgehead atoms. The third-order valence-electron chi connectivity index (χ3n) is 1.36. The number of nitrogens with zero attached hydrogens (tertiary/aromatic N) is 1. The molecule has 6 nitrogen and oxygen atoms in total. The van der Waals surface area contributed by atoms with E-state index < -0.39 is 30.8 Å². The highest BCUT2D eigenvalue weighted by molar-refractivity contribution is 5.94. The van der Waals surface area contributed by atoms with Gasteiger partial charge < -0.3 is 15.1 Å². The first kappa shape index (κ1) is 11.4. The van der Waals surface area contributed by atoms with Gasteiger partial charge in [0, 0.05) is 6.54 Å². The quantitative estimate of drug-likeness (QED) is 0.563. The molecule has 0 radical (unpaired) electrons. The van der Waals surface area contributed by atoms with E-state index in [1.807, 2.05) is 0 Å². The Kier molecular flexibility index (Phi) is 4.50. The van der Waals surface area contributed by atoms with Gasteiger partial charge in [-0.3, -0.25) is 14.4 Å². The average Bonchev–Trinajstić information content (AvgIpc) is 1.98. The lowest BCUT2D eigenvalue weighted by Crippen LogP contribution is -2.36. The van der Waals surface area contributed by atoms with E-state index in [-0.39, 0.29) is 6.54 Å². The summed E-state index contributed by atoms with van der Waals surface area (Å²) in [6.07, 6.45) is -0.666. The van der Waals surface area contributed by atoms with Crippen molar-refractivity contribution in [3.05, 3.63) is 0 Å². The van der Waals surface area contributed by atoms with Gasteiger partial charge in [-0.25, -0.2) is 0 Å². The summed E-state index contributed by atoms with van der Waals surface area (Å²) in [7, 11) is 0. The van der Waals surface area contributed by atoms with Crippen LogP contribution < -0.4 is 0 Å². The smallest absolute Gasteiger partial charge is 0.323 e. The van der Waals surface area contributed by atoms with Crippen LogP contribution in [-0.4, -0.2) is 46.0 Å². The number of hydrogen-bond donors (Lipinski definition) is 2. The lowest BCUT2D eigenvalue weighted by molar-refractivity contribution is -0.149. The van der Waals surface area contributed by atoms with E-state index in [1.165, 1.54) is 0 Å². The molecule has 13 heavy (non-hydrogen) atoms. The molecule has 0 rings (SSSR count). The van der Waals surface area contributed by atoms with Crippen LogP contribution in [-0.2, 0) is 14.4 Å². The van der Waals surface area contributed by atoms with E-state index in [4.69, 9.17) is 10.2 Å². The number of carboxylic acid groups (broad SMARTS) is 2. The molecule has 0 saturated carbocycles. The van der Waals surface area contributed by atoms with Gasteiger partial charge in [0.1, 0.15) is 13.0 Å². The highest BCUT2D eigenvalue weighted by atomic mass is 16.4. The molecular weight excluding hydrogens is 178 g/mol. The molecule has 0 aliphatic carbocycles. The number of likely N-dealkylation sites (N-methyl/N-ethyl adjacent to an activating group) is 1. The fourth-order valence-electron chi connectivity index (χ4n) is 0.781. The lowest BCUT2D eigenvalue weighted by atomic mass is 10.3. The minimum atomic E-state index is -1.26. The number of carboxylic acids is 2. The zero-order valence-electron chi connectivity index (χ0n) is 7.19. The molecule has 0 aromatic heterocycles. The minimum absolute atomic E-state index is 0.193. The van der Waals surface area contributed by atoms with Crippen molar-refractivity contribution < 1.29 is 24.6 Å². The van der Waals surface area contributed by atoms with Crippen molar-refractivity contribution in [2.75, 3.05) is 13.1 Å². The SMILES string of the molecule is CCN(CC(=O)O)C(=O)CC(=O)O. The highest BCUT2D eigenvalue weighted by Crippen LogP contribution is 1.93. The summed E-state index contributed by atoms with van der Waals surface area (Å²) in [5.41, 5.74) is 0. The summed E-state index contributed by atoms with van der Waals surface area (Å²) in [5.74, 6) is -3.09. The van der Waals surface area contributed by atoms with Crippen molar-refractivity contribution in [3.8, 4) is 0 Å². The monoisotopic (exact) mass is 189 g/mol. The van der Waals surface area contributed by atoms with Crippen LogP contribution in [0.3, 0.4) is 0 Å². The Morgan fingerprint density at radius 2 is 1.69 bits per heavy atom. The van der Waals surface area contributed by atoms with Gasteiger partial charge in [0.15, 0.2) is 0 Å². The standard InChI is InChI=1S/C7H11NO5/c1-2-8(4-7(12)13)5(9)3-6(10)11/h2-4H2,1H3,(H,10,11)(H,12,13). The van der Waals surface area contributed by atoms with E-state index in [2.05, 4.69) is 0 Å². The third-order valence-corrected chi connectivity index (χ3v) is 1.36. The van der Waals surface area contributed by atoms with Gasteiger partial charge in [0.2, 0.25) is 5.91 Å².